The first-order valence-electron chi connectivity index (χ1n) is 8.44. The molecule has 1 aliphatic heterocycles. The second-order valence-electron chi connectivity index (χ2n) is 6.42. The second-order valence-corrected chi connectivity index (χ2v) is 7.33. The molecule has 1 N–H and O–H groups in total. The number of carbonyl (C=O) groups is 2. The Labute approximate surface area is 160 Å². The fraction of sp³-hybridized carbons (Fsp3) is 0.300. The minimum Gasteiger partial charge on any atom is -0.447 e. The van der Waals surface area contributed by atoms with E-state index in [1.54, 1.807) is 25.1 Å². The Morgan fingerprint density at radius 1 is 1.27 bits per heavy atom. The predicted molar refractivity (Wildman–Crippen MR) is 100 cm³/mol. The third-order valence-electron chi connectivity index (χ3n) is 4.57. The van der Waals surface area contributed by atoms with Crippen LogP contribution in [0.1, 0.15) is 24.2 Å². The molecule has 3 rings (SSSR count). The largest absolute Gasteiger partial charge is 0.447 e. The SMILES string of the molecule is C[C@H](C(=O)N1C(=O)OC[C@H]1Cc1ccccc1)[C@@H](O)c1cccc(Br)c1. The molecule has 3 atom stereocenters. The number of hydrogen-bond donors (Lipinski definition) is 1. The average molecular weight is 418 g/mol. The Kier molecular flexibility index (Phi) is 5.74. The van der Waals surface area contributed by atoms with Crippen molar-refractivity contribution in [3.8, 4) is 0 Å². The molecule has 1 fully saturated rings. The van der Waals surface area contributed by atoms with Crippen molar-refractivity contribution in [1.82, 2.24) is 4.90 Å². The third kappa shape index (κ3) is 3.97. The minimum atomic E-state index is -1.01. The first-order valence-corrected chi connectivity index (χ1v) is 9.24. The first-order chi connectivity index (χ1) is 12.5. The van der Waals surface area contributed by atoms with E-state index in [2.05, 4.69) is 15.9 Å². The number of ether oxygens (including phenoxy) is 1. The molecule has 1 saturated heterocycles. The highest BCUT2D eigenvalue weighted by atomic mass is 79.9. The first kappa shape index (κ1) is 18.6. The lowest BCUT2D eigenvalue weighted by molar-refractivity contribution is -0.136. The fourth-order valence-corrected chi connectivity index (χ4v) is 3.52. The number of carbonyl (C=O) groups excluding carboxylic acids is 2. The van der Waals surface area contributed by atoms with Gasteiger partial charge in [-0.2, -0.15) is 0 Å². The van der Waals surface area contributed by atoms with Crippen molar-refractivity contribution >= 4 is 27.9 Å². The van der Waals surface area contributed by atoms with Crippen LogP contribution in [0.3, 0.4) is 0 Å². The summed E-state index contributed by atoms with van der Waals surface area (Å²) in [7, 11) is 0. The van der Waals surface area contributed by atoms with E-state index in [0.29, 0.717) is 12.0 Å². The van der Waals surface area contributed by atoms with Crippen LogP contribution < -0.4 is 0 Å². The summed E-state index contributed by atoms with van der Waals surface area (Å²) in [5, 5.41) is 10.6. The number of aliphatic hydroxyl groups excluding tert-OH is 1. The van der Waals surface area contributed by atoms with E-state index < -0.39 is 24.0 Å². The lowest BCUT2D eigenvalue weighted by atomic mass is 9.95. The van der Waals surface area contributed by atoms with Gasteiger partial charge in [0.2, 0.25) is 5.91 Å². The van der Waals surface area contributed by atoms with E-state index in [0.717, 1.165) is 14.9 Å². The number of rotatable bonds is 5. The highest BCUT2D eigenvalue weighted by molar-refractivity contribution is 9.10. The highest BCUT2D eigenvalue weighted by Gasteiger charge is 2.41. The molecule has 0 aliphatic carbocycles. The number of aliphatic hydroxyl groups is 1. The zero-order valence-electron chi connectivity index (χ0n) is 14.3. The van der Waals surface area contributed by atoms with Crippen LogP contribution in [0.25, 0.3) is 0 Å². The van der Waals surface area contributed by atoms with E-state index >= 15 is 0 Å². The zero-order valence-corrected chi connectivity index (χ0v) is 15.9. The molecule has 0 unspecified atom stereocenters. The number of imide groups is 1. The summed E-state index contributed by atoms with van der Waals surface area (Å²) < 4.78 is 5.92. The molecule has 136 valence electrons. The number of nitrogens with zero attached hydrogens (tertiary/aromatic N) is 1. The number of halogens is 1. The van der Waals surface area contributed by atoms with Crippen molar-refractivity contribution < 1.29 is 19.4 Å². The van der Waals surface area contributed by atoms with Gasteiger partial charge in [-0.25, -0.2) is 9.69 Å². The van der Waals surface area contributed by atoms with Crippen LogP contribution >= 0.6 is 15.9 Å². The maximum absolute atomic E-state index is 12.9. The average Bonchev–Trinajstić information content (AvgIpc) is 3.01. The maximum Gasteiger partial charge on any atom is 0.416 e. The molecule has 1 heterocycles. The lowest BCUT2D eigenvalue weighted by Crippen LogP contribution is -2.44. The summed E-state index contributed by atoms with van der Waals surface area (Å²) in [4.78, 5) is 26.2. The summed E-state index contributed by atoms with van der Waals surface area (Å²) in [6.45, 7) is 1.79. The van der Waals surface area contributed by atoms with Gasteiger partial charge in [0.15, 0.2) is 0 Å². The molecular weight excluding hydrogens is 398 g/mol. The molecule has 2 aromatic rings. The molecule has 0 spiro atoms. The van der Waals surface area contributed by atoms with Crippen molar-refractivity contribution in [3.63, 3.8) is 0 Å². The molecule has 26 heavy (non-hydrogen) atoms. The predicted octanol–water partition coefficient (Wildman–Crippen LogP) is 3.71. The van der Waals surface area contributed by atoms with Gasteiger partial charge in [0.1, 0.15) is 6.61 Å². The molecule has 0 saturated carbocycles. The summed E-state index contributed by atoms with van der Waals surface area (Å²) in [6, 6.07) is 16.4. The van der Waals surface area contributed by atoms with Gasteiger partial charge in [-0.05, 0) is 29.7 Å². The molecule has 5 nitrogen and oxygen atoms in total. The molecule has 0 bridgehead atoms. The van der Waals surface area contributed by atoms with Gasteiger partial charge in [-0.15, -0.1) is 0 Å². The summed E-state index contributed by atoms with van der Waals surface area (Å²) in [5.74, 6) is -1.20. The van der Waals surface area contributed by atoms with E-state index in [1.165, 1.54) is 0 Å². The molecule has 2 amide bonds. The van der Waals surface area contributed by atoms with Crippen molar-refractivity contribution in [2.24, 2.45) is 5.92 Å². The van der Waals surface area contributed by atoms with E-state index in [-0.39, 0.29) is 12.6 Å². The van der Waals surface area contributed by atoms with Gasteiger partial charge in [-0.3, -0.25) is 4.79 Å². The molecule has 1 aliphatic rings. The lowest BCUT2D eigenvalue weighted by Gasteiger charge is -2.26. The monoisotopic (exact) mass is 417 g/mol. The van der Waals surface area contributed by atoms with Gasteiger partial charge in [0, 0.05) is 4.47 Å². The van der Waals surface area contributed by atoms with Gasteiger partial charge in [0.05, 0.1) is 18.1 Å². The van der Waals surface area contributed by atoms with Gasteiger partial charge >= 0.3 is 6.09 Å². The number of benzene rings is 2. The minimum absolute atomic E-state index is 0.166. The van der Waals surface area contributed by atoms with Crippen LogP contribution in [0.4, 0.5) is 4.79 Å². The van der Waals surface area contributed by atoms with Crippen LogP contribution in [-0.4, -0.2) is 34.7 Å². The van der Waals surface area contributed by atoms with Crippen LogP contribution in [0.2, 0.25) is 0 Å². The van der Waals surface area contributed by atoms with Crippen molar-refractivity contribution in [2.45, 2.75) is 25.5 Å². The smallest absolute Gasteiger partial charge is 0.416 e. The van der Waals surface area contributed by atoms with Crippen molar-refractivity contribution in [1.29, 1.82) is 0 Å². The Balaban J connectivity index is 1.76. The van der Waals surface area contributed by atoms with Crippen molar-refractivity contribution in [3.05, 3.63) is 70.2 Å². The number of cyclic esters (lactones) is 1. The maximum atomic E-state index is 12.9. The summed E-state index contributed by atoms with van der Waals surface area (Å²) in [5.41, 5.74) is 1.64. The summed E-state index contributed by atoms with van der Waals surface area (Å²) >= 11 is 3.36. The third-order valence-corrected chi connectivity index (χ3v) is 5.06. The fourth-order valence-electron chi connectivity index (χ4n) is 3.10. The summed E-state index contributed by atoms with van der Waals surface area (Å²) in [6.07, 6.45) is -1.13. The molecule has 6 heteroatoms. The van der Waals surface area contributed by atoms with Crippen LogP contribution in [0.15, 0.2) is 59.1 Å². The molecular formula is C20H20BrNO4. The van der Waals surface area contributed by atoms with Crippen LogP contribution in [-0.2, 0) is 16.0 Å². The van der Waals surface area contributed by atoms with Gasteiger partial charge in [0.25, 0.3) is 0 Å². The van der Waals surface area contributed by atoms with Crippen molar-refractivity contribution in [2.75, 3.05) is 6.61 Å². The van der Waals surface area contributed by atoms with Crippen LogP contribution in [0, 0.1) is 5.92 Å². The Morgan fingerprint density at radius 3 is 2.69 bits per heavy atom. The van der Waals surface area contributed by atoms with Gasteiger partial charge in [-0.1, -0.05) is 65.3 Å². The Morgan fingerprint density at radius 2 is 2.00 bits per heavy atom. The number of hydrogen-bond acceptors (Lipinski definition) is 4. The van der Waals surface area contributed by atoms with Gasteiger partial charge < -0.3 is 9.84 Å². The standard InChI is InChI=1S/C20H20BrNO4/c1-13(18(23)15-8-5-9-16(21)11-15)19(24)22-17(12-26-20(22)25)10-14-6-3-2-4-7-14/h2-9,11,13,17-18,23H,10,12H2,1H3/t13-,17+,18+/m0/s1. The van der Waals surface area contributed by atoms with Crippen LogP contribution in [0.5, 0.6) is 0 Å². The topological polar surface area (TPSA) is 66.8 Å². The molecule has 0 radical (unpaired) electrons. The van der Waals surface area contributed by atoms with E-state index in [9.17, 15) is 14.7 Å². The second kappa shape index (κ2) is 8.01. The number of amides is 2. The Bertz CT molecular complexity index is 795. The quantitative estimate of drug-likeness (QED) is 0.804. The molecule has 0 aromatic heterocycles. The van der Waals surface area contributed by atoms with E-state index in [4.69, 9.17) is 4.74 Å². The zero-order chi connectivity index (χ0) is 18.7. The normalized spacial score (nSPS) is 19.1. The highest BCUT2D eigenvalue weighted by Crippen LogP contribution is 2.28. The molecule has 2 aromatic carbocycles. The van der Waals surface area contributed by atoms with E-state index in [1.807, 2.05) is 36.4 Å². The Hall–Kier alpha value is -2.18.